The normalized spacial score (nSPS) is 12.3. The lowest BCUT2D eigenvalue weighted by Crippen LogP contribution is -2.14. The molecule has 7 nitrogen and oxygen atoms in total. The molecule has 8 heteroatoms. The van der Waals surface area contributed by atoms with Gasteiger partial charge in [0.1, 0.15) is 6.10 Å². The van der Waals surface area contributed by atoms with E-state index in [0.29, 0.717) is 45.1 Å². The summed E-state index contributed by atoms with van der Waals surface area (Å²) in [5, 5.41) is 12.1. The van der Waals surface area contributed by atoms with Crippen LogP contribution in [0.3, 0.4) is 0 Å². The van der Waals surface area contributed by atoms with E-state index < -0.39 is 16.1 Å². The third kappa shape index (κ3) is 4.38. The number of aliphatic hydroxyl groups is 1. The smallest absolute Gasteiger partial charge is 0.268 e. The molecule has 38 heavy (non-hydrogen) atoms. The molecule has 5 rings (SSSR count). The summed E-state index contributed by atoms with van der Waals surface area (Å²) < 4.78 is 45.3. The minimum atomic E-state index is -3.90. The number of benzene rings is 4. The van der Waals surface area contributed by atoms with Crippen LogP contribution in [0, 0.1) is 0 Å². The zero-order chi connectivity index (χ0) is 26.9. The molecule has 0 saturated carbocycles. The fourth-order valence-corrected chi connectivity index (χ4v) is 6.16. The molecule has 194 valence electrons. The van der Waals surface area contributed by atoms with Gasteiger partial charge in [0.15, 0.2) is 11.5 Å². The van der Waals surface area contributed by atoms with Crippen molar-refractivity contribution >= 4 is 20.9 Å². The first-order valence-electron chi connectivity index (χ1n) is 11.9. The molecule has 1 N–H and O–H groups in total. The number of ether oxygens (including phenoxy) is 3. The molecule has 1 heterocycles. The highest BCUT2D eigenvalue weighted by Crippen LogP contribution is 2.41. The van der Waals surface area contributed by atoms with Gasteiger partial charge in [-0.3, -0.25) is 0 Å². The molecule has 0 aliphatic rings. The van der Waals surface area contributed by atoms with Gasteiger partial charge in [0, 0.05) is 5.39 Å². The van der Waals surface area contributed by atoms with Gasteiger partial charge in [0.05, 0.1) is 37.4 Å². The Morgan fingerprint density at radius 3 is 2.03 bits per heavy atom. The van der Waals surface area contributed by atoms with E-state index in [4.69, 9.17) is 14.2 Å². The SMILES string of the molecule is COc1cc(C(O)c2cccc(-c3cc4ccccc4n3S(=O)(=O)c3ccccc3)c2)cc(OC)c1OC. The molecule has 0 bridgehead atoms. The van der Waals surface area contributed by atoms with Crippen LogP contribution in [0.25, 0.3) is 22.2 Å². The molecule has 0 spiro atoms. The Morgan fingerprint density at radius 1 is 0.711 bits per heavy atom. The summed E-state index contributed by atoms with van der Waals surface area (Å²) >= 11 is 0. The number of rotatable bonds is 8. The second-order valence-corrected chi connectivity index (χ2v) is 10.4. The minimum absolute atomic E-state index is 0.191. The number of methoxy groups -OCH3 is 3. The molecular formula is C30H27NO6S. The summed E-state index contributed by atoms with van der Waals surface area (Å²) in [6.45, 7) is 0. The van der Waals surface area contributed by atoms with E-state index in [1.807, 2.05) is 30.3 Å². The molecule has 0 radical (unpaired) electrons. The number of para-hydroxylation sites is 1. The number of hydrogen-bond acceptors (Lipinski definition) is 6. The summed E-state index contributed by atoms with van der Waals surface area (Å²) in [5.41, 5.74) is 2.82. The van der Waals surface area contributed by atoms with Crippen molar-refractivity contribution in [2.75, 3.05) is 21.3 Å². The first-order valence-corrected chi connectivity index (χ1v) is 13.3. The van der Waals surface area contributed by atoms with Gasteiger partial charge >= 0.3 is 0 Å². The van der Waals surface area contributed by atoms with Gasteiger partial charge in [-0.25, -0.2) is 12.4 Å². The maximum Gasteiger partial charge on any atom is 0.268 e. The highest BCUT2D eigenvalue weighted by Gasteiger charge is 2.25. The van der Waals surface area contributed by atoms with Crippen LogP contribution in [0.4, 0.5) is 0 Å². The van der Waals surface area contributed by atoms with Crippen molar-refractivity contribution in [1.29, 1.82) is 0 Å². The maximum atomic E-state index is 13.8. The Balaban J connectivity index is 1.65. The zero-order valence-electron chi connectivity index (χ0n) is 21.2. The third-order valence-corrected chi connectivity index (χ3v) is 8.19. The predicted octanol–water partition coefficient (Wildman–Crippen LogP) is 5.65. The molecule has 0 aliphatic heterocycles. The van der Waals surface area contributed by atoms with Crippen molar-refractivity contribution in [2.45, 2.75) is 11.0 Å². The van der Waals surface area contributed by atoms with Crippen LogP contribution < -0.4 is 14.2 Å². The van der Waals surface area contributed by atoms with E-state index in [1.165, 1.54) is 25.3 Å². The fraction of sp³-hybridized carbons (Fsp3) is 0.133. The van der Waals surface area contributed by atoms with E-state index in [0.717, 1.165) is 5.39 Å². The van der Waals surface area contributed by atoms with E-state index in [9.17, 15) is 13.5 Å². The molecule has 5 aromatic rings. The van der Waals surface area contributed by atoms with E-state index in [2.05, 4.69) is 0 Å². The first kappa shape index (κ1) is 25.4. The lowest BCUT2D eigenvalue weighted by atomic mass is 9.98. The third-order valence-electron chi connectivity index (χ3n) is 6.45. The first-order chi connectivity index (χ1) is 18.4. The predicted molar refractivity (Wildman–Crippen MR) is 147 cm³/mol. The lowest BCUT2D eigenvalue weighted by molar-refractivity contribution is 0.218. The number of nitrogens with zero attached hydrogens (tertiary/aromatic N) is 1. The van der Waals surface area contributed by atoms with Crippen LogP contribution in [0.5, 0.6) is 17.2 Å². The monoisotopic (exact) mass is 529 g/mol. The fourth-order valence-electron chi connectivity index (χ4n) is 4.61. The molecule has 1 aromatic heterocycles. The molecule has 1 atom stereocenters. The topological polar surface area (TPSA) is 87.0 Å². The van der Waals surface area contributed by atoms with Crippen LogP contribution in [0.2, 0.25) is 0 Å². The Labute approximate surface area is 221 Å². The largest absolute Gasteiger partial charge is 0.493 e. The van der Waals surface area contributed by atoms with Crippen molar-refractivity contribution in [2.24, 2.45) is 0 Å². The average Bonchev–Trinajstić information content (AvgIpc) is 3.37. The summed E-state index contributed by atoms with van der Waals surface area (Å²) in [4.78, 5) is 0.191. The molecule has 0 amide bonds. The van der Waals surface area contributed by atoms with E-state index >= 15 is 0 Å². The van der Waals surface area contributed by atoms with Gasteiger partial charge in [0.2, 0.25) is 5.75 Å². The van der Waals surface area contributed by atoms with Crippen LogP contribution in [-0.2, 0) is 10.0 Å². The van der Waals surface area contributed by atoms with E-state index in [-0.39, 0.29) is 4.90 Å². The standard InChI is InChI=1S/C30H27NO6S/c1-35-27-18-23(19-28(36-2)30(27)37-3)29(32)22-12-9-11-20(16-22)26-17-21-10-7-8-15-25(21)31(26)38(33,34)24-13-5-4-6-14-24/h4-19,29,32H,1-3H3. The van der Waals surface area contributed by atoms with Gasteiger partial charge in [-0.15, -0.1) is 0 Å². The Morgan fingerprint density at radius 2 is 1.37 bits per heavy atom. The van der Waals surface area contributed by atoms with Gasteiger partial charge in [0.25, 0.3) is 10.0 Å². The highest BCUT2D eigenvalue weighted by atomic mass is 32.2. The maximum absolute atomic E-state index is 13.8. The molecule has 0 aliphatic carbocycles. The quantitative estimate of drug-likeness (QED) is 0.279. The summed E-state index contributed by atoms with van der Waals surface area (Å²) in [7, 11) is 0.640. The van der Waals surface area contributed by atoms with Crippen LogP contribution in [0.1, 0.15) is 17.2 Å². The van der Waals surface area contributed by atoms with Crippen molar-refractivity contribution < 1.29 is 27.7 Å². The van der Waals surface area contributed by atoms with E-state index in [1.54, 1.807) is 66.7 Å². The van der Waals surface area contributed by atoms with Gasteiger partial charge < -0.3 is 19.3 Å². The summed E-state index contributed by atoms with van der Waals surface area (Å²) in [6.07, 6.45) is -1.03. The van der Waals surface area contributed by atoms with Crippen LogP contribution >= 0.6 is 0 Å². The van der Waals surface area contributed by atoms with Crippen molar-refractivity contribution in [3.8, 4) is 28.5 Å². The highest BCUT2D eigenvalue weighted by molar-refractivity contribution is 7.90. The Hall–Kier alpha value is -4.27. The second-order valence-electron chi connectivity index (χ2n) is 8.66. The molecule has 0 fully saturated rings. The van der Waals surface area contributed by atoms with Crippen LogP contribution in [0.15, 0.2) is 102 Å². The van der Waals surface area contributed by atoms with Gasteiger partial charge in [-0.1, -0.05) is 54.6 Å². The summed E-state index contributed by atoms with van der Waals surface area (Å²) in [6, 6.07) is 28.1. The molecule has 4 aromatic carbocycles. The number of hydrogen-bond donors (Lipinski definition) is 1. The number of fused-ring (bicyclic) bond motifs is 1. The van der Waals surface area contributed by atoms with Crippen molar-refractivity contribution in [3.63, 3.8) is 0 Å². The molecular weight excluding hydrogens is 502 g/mol. The van der Waals surface area contributed by atoms with Gasteiger partial charge in [-0.2, -0.15) is 0 Å². The zero-order valence-corrected chi connectivity index (χ0v) is 22.0. The van der Waals surface area contributed by atoms with Gasteiger partial charge in [-0.05, 0) is 59.2 Å². The molecule has 0 saturated heterocycles. The van der Waals surface area contributed by atoms with Crippen molar-refractivity contribution in [1.82, 2.24) is 3.97 Å². The second kappa shape index (κ2) is 10.2. The Kier molecular flexibility index (Phi) is 6.84. The minimum Gasteiger partial charge on any atom is -0.493 e. The van der Waals surface area contributed by atoms with Crippen LogP contribution in [-0.4, -0.2) is 38.8 Å². The average molecular weight is 530 g/mol. The molecule has 1 unspecified atom stereocenters. The Bertz CT molecular complexity index is 1680. The number of aliphatic hydroxyl groups excluding tert-OH is 1. The lowest BCUT2D eigenvalue weighted by Gasteiger charge is -2.18. The van der Waals surface area contributed by atoms with Crippen molar-refractivity contribution in [3.05, 3.63) is 108 Å². The number of aromatic nitrogens is 1. The summed E-state index contributed by atoms with van der Waals surface area (Å²) in [5.74, 6) is 1.27.